The highest BCUT2D eigenvalue weighted by Crippen LogP contribution is 2.16. The Morgan fingerprint density at radius 3 is 2.08 bits per heavy atom. The number of aldehydes is 1. The lowest BCUT2D eigenvalue weighted by molar-refractivity contribution is -0.148. The predicted molar refractivity (Wildman–Crippen MR) is 128 cm³/mol. The first kappa shape index (κ1) is 33.6. The summed E-state index contributed by atoms with van der Waals surface area (Å²) < 4.78 is 39.0. The molecule has 0 aliphatic heterocycles. The number of nitrogens with zero attached hydrogens (tertiary/aromatic N) is 3. The van der Waals surface area contributed by atoms with Gasteiger partial charge in [-0.3, -0.25) is 4.79 Å². The number of aromatic nitrogens is 2. The number of esters is 2. The molecule has 36 heavy (non-hydrogen) atoms. The van der Waals surface area contributed by atoms with E-state index in [1.165, 1.54) is 36.4 Å². The SMILES string of the molecule is C.C.CCOC(=O)C=O.CCOC(=O)c1nnc(Nc2cccc(F)c2)o1.O=Nc1cccc(F)c1. The van der Waals surface area contributed by atoms with Gasteiger partial charge in [-0.1, -0.05) is 37.2 Å². The fraction of sp³-hybridized carbons (Fsp3) is 0.261. The van der Waals surface area contributed by atoms with Crippen molar-refractivity contribution in [2.75, 3.05) is 18.5 Å². The molecule has 0 aliphatic rings. The maximum Gasteiger partial charge on any atom is 0.396 e. The van der Waals surface area contributed by atoms with Gasteiger partial charge in [0.25, 0.3) is 0 Å². The Morgan fingerprint density at radius 2 is 1.61 bits per heavy atom. The molecule has 0 atom stereocenters. The summed E-state index contributed by atoms with van der Waals surface area (Å²) in [7, 11) is 0. The van der Waals surface area contributed by atoms with Gasteiger partial charge in [0.2, 0.25) is 6.29 Å². The number of nitroso groups, excluding NO2 is 1. The van der Waals surface area contributed by atoms with E-state index in [1.54, 1.807) is 19.9 Å². The van der Waals surface area contributed by atoms with E-state index in [2.05, 4.69) is 30.2 Å². The van der Waals surface area contributed by atoms with E-state index in [0.29, 0.717) is 5.69 Å². The van der Waals surface area contributed by atoms with Crippen molar-refractivity contribution in [3.8, 4) is 0 Å². The third-order valence-corrected chi connectivity index (χ3v) is 3.25. The molecule has 0 fully saturated rings. The Kier molecular flexibility index (Phi) is 17.6. The summed E-state index contributed by atoms with van der Waals surface area (Å²) >= 11 is 0. The summed E-state index contributed by atoms with van der Waals surface area (Å²) in [5, 5.41) is 12.3. The summed E-state index contributed by atoms with van der Waals surface area (Å²) in [5.41, 5.74) is 0.559. The topological polar surface area (TPSA) is 150 Å². The first-order valence-corrected chi connectivity index (χ1v) is 9.56. The molecule has 0 unspecified atom stereocenters. The fourth-order valence-electron chi connectivity index (χ4n) is 1.95. The van der Waals surface area contributed by atoms with Crippen LogP contribution in [0.2, 0.25) is 0 Å². The van der Waals surface area contributed by atoms with Gasteiger partial charge in [0.15, 0.2) is 0 Å². The lowest BCUT2D eigenvalue weighted by Crippen LogP contribution is -2.04. The molecule has 1 N–H and O–H groups in total. The van der Waals surface area contributed by atoms with Gasteiger partial charge in [-0.15, -0.1) is 4.91 Å². The molecule has 0 saturated heterocycles. The first-order chi connectivity index (χ1) is 16.3. The van der Waals surface area contributed by atoms with E-state index >= 15 is 0 Å². The van der Waals surface area contributed by atoms with E-state index < -0.39 is 23.6 Å². The molecule has 3 rings (SSSR count). The van der Waals surface area contributed by atoms with Gasteiger partial charge in [-0.25, -0.2) is 18.4 Å². The molecule has 1 aromatic heterocycles. The lowest BCUT2D eigenvalue weighted by Gasteiger charge is -2.00. The number of halogens is 2. The van der Waals surface area contributed by atoms with Crippen molar-refractivity contribution in [1.29, 1.82) is 0 Å². The molecule has 0 saturated carbocycles. The molecule has 0 amide bonds. The summed E-state index contributed by atoms with van der Waals surface area (Å²) in [6.45, 7) is 3.78. The summed E-state index contributed by atoms with van der Waals surface area (Å²) in [6, 6.07) is 10.9. The van der Waals surface area contributed by atoms with E-state index in [4.69, 9.17) is 4.42 Å². The number of carbonyl (C=O) groups excluding carboxylic acids is 3. The summed E-state index contributed by atoms with van der Waals surface area (Å²) in [4.78, 5) is 40.2. The monoisotopic (exact) mass is 510 g/mol. The smallest absolute Gasteiger partial charge is 0.396 e. The van der Waals surface area contributed by atoms with Gasteiger partial charge < -0.3 is 19.2 Å². The van der Waals surface area contributed by atoms with Crippen molar-refractivity contribution in [3.05, 3.63) is 71.0 Å². The minimum Gasteiger partial charge on any atom is -0.460 e. The van der Waals surface area contributed by atoms with E-state index in [9.17, 15) is 28.1 Å². The molecule has 0 spiro atoms. The van der Waals surface area contributed by atoms with Crippen molar-refractivity contribution in [2.24, 2.45) is 5.18 Å². The Hall–Kier alpha value is -4.55. The zero-order chi connectivity index (χ0) is 25.3. The number of benzene rings is 2. The number of hydrogen-bond donors (Lipinski definition) is 1. The molecule has 196 valence electrons. The average Bonchev–Trinajstić information content (AvgIpc) is 3.29. The van der Waals surface area contributed by atoms with Crippen LogP contribution in [0, 0.1) is 16.5 Å². The second-order valence-electron chi connectivity index (χ2n) is 5.71. The number of nitrogens with one attached hydrogen (secondary N) is 1. The van der Waals surface area contributed by atoms with Gasteiger partial charge in [0.1, 0.15) is 17.3 Å². The van der Waals surface area contributed by atoms with Crippen molar-refractivity contribution in [3.63, 3.8) is 0 Å². The molecule has 0 radical (unpaired) electrons. The van der Waals surface area contributed by atoms with E-state index in [-0.39, 0.29) is 51.9 Å². The van der Waals surface area contributed by atoms with Crippen LogP contribution in [0.15, 0.2) is 58.1 Å². The van der Waals surface area contributed by atoms with Gasteiger partial charge >= 0.3 is 23.8 Å². The van der Waals surface area contributed by atoms with Crippen LogP contribution in [-0.4, -0.2) is 41.6 Å². The molecule has 11 nitrogen and oxygen atoms in total. The third-order valence-electron chi connectivity index (χ3n) is 3.25. The molecule has 0 aliphatic carbocycles. The molecule has 3 aromatic rings. The number of rotatable bonds is 7. The van der Waals surface area contributed by atoms with Crippen LogP contribution in [0.3, 0.4) is 0 Å². The van der Waals surface area contributed by atoms with Crippen LogP contribution in [-0.2, 0) is 19.1 Å². The summed E-state index contributed by atoms with van der Waals surface area (Å²) in [6.07, 6.45) is 0.142. The Labute approximate surface area is 206 Å². The maximum atomic E-state index is 12.9. The normalized spacial score (nSPS) is 8.78. The maximum absolute atomic E-state index is 12.9. The number of ether oxygens (including phenoxy) is 2. The minimum absolute atomic E-state index is 0. The van der Waals surface area contributed by atoms with Gasteiger partial charge in [0.05, 0.1) is 13.2 Å². The quantitative estimate of drug-likeness (QED) is 0.190. The van der Waals surface area contributed by atoms with E-state index in [1.807, 2.05) is 0 Å². The van der Waals surface area contributed by atoms with Crippen LogP contribution in [0.5, 0.6) is 0 Å². The zero-order valence-electron chi connectivity index (χ0n) is 18.1. The number of hydrogen-bond acceptors (Lipinski definition) is 11. The largest absolute Gasteiger partial charge is 0.460 e. The van der Waals surface area contributed by atoms with Crippen molar-refractivity contribution >= 4 is 35.6 Å². The van der Waals surface area contributed by atoms with Gasteiger partial charge in [0, 0.05) is 11.8 Å². The van der Waals surface area contributed by atoms with E-state index in [0.717, 1.165) is 6.07 Å². The molecule has 13 heteroatoms. The van der Waals surface area contributed by atoms with Crippen molar-refractivity contribution < 1.29 is 37.1 Å². The minimum atomic E-state index is -0.803. The Morgan fingerprint density at radius 1 is 1.00 bits per heavy atom. The number of anilines is 2. The Bertz CT molecular complexity index is 1090. The lowest BCUT2D eigenvalue weighted by atomic mass is 10.3. The van der Waals surface area contributed by atoms with Crippen LogP contribution in [0.4, 0.5) is 26.2 Å². The average molecular weight is 510 g/mol. The summed E-state index contributed by atoms with van der Waals surface area (Å²) in [5.74, 6) is -2.59. The highest BCUT2D eigenvalue weighted by Gasteiger charge is 2.15. The molecular weight excluding hydrogens is 482 g/mol. The van der Waals surface area contributed by atoms with Crippen molar-refractivity contribution in [1.82, 2.24) is 10.2 Å². The van der Waals surface area contributed by atoms with Crippen LogP contribution in [0.25, 0.3) is 0 Å². The molecule has 1 heterocycles. The van der Waals surface area contributed by atoms with Gasteiger partial charge in [-0.2, -0.15) is 0 Å². The predicted octanol–water partition coefficient (Wildman–Crippen LogP) is 5.37. The van der Waals surface area contributed by atoms with Crippen LogP contribution >= 0.6 is 0 Å². The standard InChI is InChI=1S/C11H10FN3O3.C6H4FNO.C4H6O3.2CH4/c1-2-17-10(16)9-14-15-11(18-9)13-8-5-3-4-7(12)6-8;7-5-2-1-3-6(4-5)8-9;1-2-7-4(6)3-5;;/h3-6H,2H2,1H3,(H,13,15);1-4H;3H,2H2,1H3;2*1H4. The number of carbonyl (C=O) groups is 3. The van der Waals surface area contributed by atoms with Crippen LogP contribution < -0.4 is 5.32 Å². The highest BCUT2D eigenvalue weighted by atomic mass is 19.1. The highest BCUT2D eigenvalue weighted by molar-refractivity contribution is 6.20. The third kappa shape index (κ3) is 13.2. The fourth-order valence-corrected chi connectivity index (χ4v) is 1.95. The first-order valence-electron chi connectivity index (χ1n) is 9.56. The molecule has 2 aromatic carbocycles. The van der Waals surface area contributed by atoms with Gasteiger partial charge in [-0.05, 0) is 49.4 Å². The Balaban J connectivity index is 0. The molecule has 0 bridgehead atoms. The van der Waals surface area contributed by atoms with Crippen molar-refractivity contribution in [2.45, 2.75) is 28.7 Å². The zero-order valence-corrected chi connectivity index (χ0v) is 18.1. The second kappa shape index (κ2) is 18.8. The second-order valence-corrected chi connectivity index (χ2v) is 5.71. The van der Waals surface area contributed by atoms with Crippen LogP contribution in [0.1, 0.15) is 39.4 Å². The molecular formula is C23H28F2N4O7.